The Labute approximate surface area is 161 Å². The first-order valence-electron chi connectivity index (χ1n) is 9.95. The average molecular weight is 392 g/mol. The Kier molecular flexibility index (Phi) is 4.79. The predicted octanol–water partition coefficient (Wildman–Crippen LogP) is 1.81. The van der Waals surface area contributed by atoms with Gasteiger partial charge in [0.1, 0.15) is 0 Å². The second-order valence-electron chi connectivity index (χ2n) is 8.98. The largest absolute Gasteiger partial charge is 0.355 e. The lowest BCUT2D eigenvalue weighted by Gasteiger charge is -2.51. The molecule has 2 N–H and O–H groups in total. The topological polar surface area (TPSA) is 88.2 Å². The number of nitrogens with zero attached hydrogens (tertiary/aromatic N) is 1. The number of amides is 1. The van der Waals surface area contributed by atoms with Crippen molar-refractivity contribution in [3.8, 4) is 0 Å². The van der Waals surface area contributed by atoms with E-state index in [1.165, 1.54) is 0 Å². The van der Waals surface area contributed by atoms with Gasteiger partial charge in [-0.3, -0.25) is 9.78 Å². The number of hydrogen-bond donors (Lipinski definition) is 2. The molecule has 27 heavy (non-hydrogen) atoms. The van der Waals surface area contributed by atoms with Crippen molar-refractivity contribution in [3.05, 3.63) is 30.1 Å². The van der Waals surface area contributed by atoms with E-state index >= 15 is 0 Å². The van der Waals surface area contributed by atoms with Crippen LogP contribution in [-0.4, -0.2) is 42.4 Å². The van der Waals surface area contributed by atoms with Crippen LogP contribution in [0.5, 0.6) is 0 Å². The summed E-state index contributed by atoms with van der Waals surface area (Å²) in [7, 11) is -3.05. The zero-order valence-electron chi connectivity index (χ0n) is 15.9. The fraction of sp³-hybridized carbons (Fsp3) is 0.700. The third-order valence-corrected chi connectivity index (χ3v) is 9.34. The van der Waals surface area contributed by atoms with Crippen molar-refractivity contribution in [2.75, 3.05) is 12.3 Å². The first-order chi connectivity index (χ1) is 12.8. The van der Waals surface area contributed by atoms with Crippen molar-refractivity contribution >= 4 is 15.7 Å². The van der Waals surface area contributed by atoms with Crippen LogP contribution in [0.15, 0.2) is 24.5 Å². The van der Waals surface area contributed by atoms with E-state index in [9.17, 15) is 13.2 Å². The van der Waals surface area contributed by atoms with Crippen molar-refractivity contribution in [2.24, 2.45) is 11.3 Å². The molecule has 3 fully saturated rings. The van der Waals surface area contributed by atoms with Crippen molar-refractivity contribution in [1.29, 1.82) is 0 Å². The summed E-state index contributed by atoms with van der Waals surface area (Å²) in [6.45, 7) is 3.32. The maximum atomic E-state index is 12.7. The van der Waals surface area contributed by atoms with E-state index in [-0.39, 0.29) is 29.0 Å². The minimum absolute atomic E-state index is 0.131. The van der Waals surface area contributed by atoms with Gasteiger partial charge in [-0.05, 0) is 56.1 Å². The Balaban J connectivity index is 1.30. The molecule has 1 atom stereocenters. The number of carbonyl (C=O) groups is 1. The monoisotopic (exact) mass is 391 g/mol. The van der Waals surface area contributed by atoms with Gasteiger partial charge in [0.25, 0.3) is 0 Å². The summed E-state index contributed by atoms with van der Waals surface area (Å²) in [6.07, 6.45) is 8.22. The average Bonchev–Trinajstić information content (AvgIpc) is 3.37. The summed E-state index contributed by atoms with van der Waals surface area (Å²) in [4.78, 5) is 16.2. The van der Waals surface area contributed by atoms with Crippen LogP contribution >= 0.6 is 0 Å². The molecule has 1 aliphatic heterocycles. The molecule has 1 amide bonds. The summed E-state index contributed by atoms with van der Waals surface area (Å²) in [6, 6.07) is 4.16. The van der Waals surface area contributed by atoms with Crippen molar-refractivity contribution in [2.45, 2.75) is 62.8 Å². The Bertz CT molecular complexity index is 799. The molecular formula is C20H29N3O3S. The minimum atomic E-state index is -3.05. The molecule has 1 saturated heterocycles. The van der Waals surface area contributed by atoms with Crippen LogP contribution in [0.1, 0.15) is 51.0 Å². The second-order valence-corrected chi connectivity index (χ2v) is 11.5. The summed E-state index contributed by atoms with van der Waals surface area (Å²) >= 11 is 0. The fourth-order valence-electron chi connectivity index (χ4n) is 4.55. The first kappa shape index (κ1) is 18.9. The van der Waals surface area contributed by atoms with Crippen molar-refractivity contribution in [1.82, 2.24) is 15.6 Å². The van der Waals surface area contributed by atoms with E-state index < -0.39 is 14.6 Å². The lowest BCUT2D eigenvalue weighted by Crippen LogP contribution is -2.59. The smallest absolute Gasteiger partial charge is 0.225 e. The van der Waals surface area contributed by atoms with Gasteiger partial charge in [0.05, 0.1) is 10.5 Å². The fourth-order valence-corrected chi connectivity index (χ4v) is 7.02. The number of rotatable bonds is 6. The zero-order valence-corrected chi connectivity index (χ0v) is 16.7. The van der Waals surface area contributed by atoms with Gasteiger partial charge in [-0.15, -0.1) is 0 Å². The second kappa shape index (κ2) is 6.85. The summed E-state index contributed by atoms with van der Waals surface area (Å²) in [5, 5.41) is 6.56. The van der Waals surface area contributed by atoms with Gasteiger partial charge in [-0.2, -0.15) is 0 Å². The highest BCUT2D eigenvalue weighted by Crippen LogP contribution is 2.50. The van der Waals surface area contributed by atoms with Gasteiger partial charge in [0.2, 0.25) is 5.91 Å². The van der Waals surface area contributed by atoms with Crippen LogP contribution in [0.4, 0.5) is 0 Å². The van der Waals surface area contributed by atoms with E-state index in [0.717, 1.165) is 18.4 Å². The Morgan fingerprint density at radius 1 is 1.30 bits per heavy atom. The molecule has 0 aromatic carbocycles. The predicted molar refractivity (Wildman–Crippen MR) is 104 cm³/mol. The van der Waals surface area contributed by atoms with Gasteiger partial charge in [-0.1, -0.05) is 13.0 Å². The molecule has 7 heteroatoms. The first-order valence-corrected chi connectivity index (χ1v) is 11.6. The van der Waals surface area contributed by atoms with Gasteiger partial charge < -0.3 is 10.6 Å². The lowest BCUT2D eigenvalue weighted by atomic mass is 9.70. The normalized spacial score (nSPS) is 33.2. The summed E-state index contributed by atoms with van der Waals surface area (Å²) in [5.41, 5.74) is 0.947. The van der Waals surface area contributed by atoms with Crippen LogP contribution in [0, 0.1) is 11.3 Å². The summed E-state index contributed by atoms with van der Waals surface area (Å²) < 4.78 is 24.9. The van der Waals surface area contributed by atoms with E-state index in [0.29, 0.717) is 38.8 Å². The molecule has 3 aliphatic rings. The SMILES string of the molecule is CC1(C(=O)NCC2CC3(C2)CC(NCc2cccnc2)CCS3(=O)=O)CC1. The minimum Gasteiger partial charge on any atom is -0.355 e. The highest BCUT2D eigenvalue weighted by Gasteiger charge is 2.56. The van der Waals surface area contributed by atoms with Gasteiger partial charge in [-0.25, -0.2) is 8.42 Å². The number of pyridine rings is 1. The van der Waals surface area contributed by atoms with Crippen LogP contribution in [0.3, 0.4) is 0 Å². The molecule has 1 aromatic rings. The van der Waals surface area contributed by atoms with E-state index in [4.69, 9.17) is 0 Å². The quantitative estimate of drug-likeness (QED) is 0.772. The Hall–Kier alpha value is -1.47. The number of aromatic nitrogens is 1. The number of sulfone groups is 1. The third kappa shape index (κ3) is 3.76. The van der Waals surface area contributed by atoms with Gasteiger partial charge >= 0.3 is 0 Å². The molecule has 2 saturated carbocycles. The standard InChI is InChI=1S/C20H29N3O3S/c1-19(5-6-19)18(24)23-14-16-9-20(10-16)11-17(4-8-27(20,25)26)22-13-15-3-2-7-21-12-15/h2-3,7,12,16-17,22H,4-6,8-11,13-14H2,1H3,(H,23,24). The van der Waals surface area contributed by atoms with Gasteiger partial charge in [0.15, 0.2) is 9.84 Å². The number of nitrogens with one attached hydrogen (secondary N) is 2. The third-order valence-electron chi connectivity index (χ3n) is 6.75. The zero-order chi connectivity index (χ0) is 19.1. The Morgan fingerprint density at radius 2 is 2.07 bits per heavy atom. The van der Waals surface area contributed by atoms with Crippen molar-refractivity contribution in [3.63, 3.8) is 0 Å². The molecule has 0 radical (unpaired) electrons. The molecule has 6 nitrogen and oxygen atoms in total. The van der Waals surface area contributed by atoms with Crippen LogP contribution in [0.2, 0.25) is 0 Å². The maximum absolute atomic E-state index is 12.7. The van der Waals surface area contributed by atoms with Gasteiger partial charge in [0, 0.05) is 36.9 Å². The molecule has 2 aliphatic carbocycles. The van der Waals surface area contributed by atoms with E-state index in [1.807, 2.05) is 25.3 Å². The lowest BCUT2D eigenvalue weighted by molar-refractivity contribution is -0.126. The van der Waals surface area contributed by atoms with E-state index in [1.54, 1.807) is 6.20 Å². The van der Waals surface area contributed by atoms with Crippen molar-refractivity contribution < 1.29 is 13.2 Å². The molecule has 4 rings (SSSR count). The maximum Gasteiger partial charge on any atom is 0.225 e. The Morgan fingerprint density at radius 3 is 2.74 bits per heavy atom. The number of hydrogen-bond acceptors (Lipinski definition) is 5. The van der Waals surface area contributed by atoms with Crippen LogP contribution < -0.4 is 10.6 Å². The molecule has 2 heterocycles. The summed E-state index contributed by atoms with van der Waals surface area (Å²) in [5.74, 6) is 0.670. The molecule has 148 valence electrons. The molecule has 0 bridgehead atoms. The van der Waals surface area contributed by atoms with E-state index in [2.05, 4.69) is 15.6 Å². The van der Waals surface area contributed by atoms with Crippen LogP contribution in [-0.2, 0) is 21.2 Å². The number of carbonyl (C=O) groups excluding carboxylic acids is 1. The van der Waals surface area contributed by atoms with Crippen LogP contribution in [0.25, 0.3) is 0 Å². The highest BCUT2D eigenvalue weighted by molar-refractivity contribution is 7.92. The molecule has 1 aromatic heterocycles. The molecule has 1 unspecified atom stereocenters. The molecule has 1 spiro atoms. The molecular weight excluding hydrogens is 362 g/mol. The highest BCUT2D eigenvalue weighted by atomic mass is 32.2.